The lowest BCUT2D eigenvalue weighted by Crippen LogP contribution is -2.39. The van der Waals surface area contributed by atoms with Crippen LogP contribution < -0.4 is 16.3 Å². The maximum atomic E-state index is 13.7. The van der Waals surface area contributed by atoms with E-state index >= 15 is 0 Å². The summed E-state index contributed by atoms with van der Waals surface area (Å²) in [7, 11) is 1.84. The minimum absolute atomic E-state index is 0.0565. The van der Waals surface area contributed by atoms with E-state index in [-0.39, 0.29) is 17.6 Å². The topological polar surface area (TPSA) is 93.8 Å². The fourth-order valence-electron chi connectivity index (χ4n) is 5.33. The summed E-state index contributed by atoms with van der Waals surface area (Å²) < 4.78 is 3.64. The van der Waals surface area contributed by atoms with E-state index in [0.717, 1.165) is 53.8 Å². The third kappa shape index (κ3) is 4.98. The Labute approximate surface area is 220 Å². The number of aryl methyl sites for hydroxylation is 2. The van der Waals surface area contributed by atoms with Crippen molar-refractivity contribution in [1.82, 2.24) is 24.4 Å². The minimum Gasteiger partial charge on any atom is -0.373 e. The molecular weight excluding hydrogens is 488 g/mol. The molecule has 8 nitrogen and oxygen atoms in total. The number of hydrogen-bond acceptors (Lipinski definition) is 5. The predicted octanol–water partition coefficient (Wildman–Crippen LogP) is 4.88. The van der Waals surface area contributed by atoms with Gasteiger partial charge in [-0.3, -0.25) is 18.9 Å². The summed E-state index contributed by atoms with van der Waals surface area (Å²) in [6.07, 6.45) is 6.88. The Hall–Kier alpha value is -3.65. The molecule has 3 heterocycles. The van der Waals surface area contributed by atoms with Gasteiger partial charge >= 0.3 is 5.69 Å². The van der Waals surface area contributed by atoms with Crippen LogP contribution in [0.25, 0.3) is 16.7 Å². The maximum absolute atomic E-state index is 13.7. The van der Waals surface area contributed by atoms with Crippen molar-refractivity contribution in [2.75, 3.05) is 12.4 Å². The molecule has 1 aromatic carbocycles. The van der Waals surface area contributed by atoms with Crippen LogP contribution in [0.4, 0.5) is 5.82 Å². The van der Waals surface area contributed by atoms with Crippen molar-refractivity contribution in [2.24, 2.45) is 5.92 Å². The van der Waals surface area contributed by atoms with Gasteiger partial charge in [-0.25, -0.2) is 9.78 Å². The molecule has 4 aromatic rings. The van der Waals surface area contributed by atoms with E-state index in [4.69, 9.17) is 11.6 Å². The summed E-state index contributed by atoms with van der Waals surface area (Å²) >= 11 is 6.04. The third-order valence-corrected chi connectivity index (χ3v) is 7.52. The van der Waals surface area contributed by atoms with E-state index in [1.807, 2.05) is 55.8 Å². The number of pyridine rings is 2. The van der Waals surface area contributed by atoms with Gasteiger partial charge in [0.1, 0.15) is 5.82 Å². The van der Waals surface area contributed by atoms with Gasteiger partial charge in [0.05, 0.1) is 39.2 Å². The third-order valence-electron chi connectivity index (χ3n) is 7.32. The summed E-state index contributed by atoms with van der Waals surface area (Å²) in [4.78, 5) is 35.1. The number of nitrogens with zero attached hydrogens (tertiary/aromatic N) is 4. The summed E-state index contributed by atoms with van der Waals surface area (Å²) in [6, 6.07) is 11.7. The number of hydrogen-bond donors (Lipinski definition) is 2. The number of benzene rings is 1. The Morgan fingerprint density at radius 1 is 1.05 bits per heavy atom. The van der Waals surface area contributed by atoms with Crippen LogP contribution in [-0.2, 0) is 6.54 Å². The van der Waals surface area contributed by atoms with E-state index in [0.29, 0.717) is 28.7 Å². The van der Waals surface area contributed by atoms with Crippen molar-refractivity contribution in [3.63, 3.8) is 0 Å². The zero-order chi connectivity index (χ0) is 26.1. The van der Waals surface area contributed by atoms with Crippen LogP contribution in [-0.4, -0.2) is 38.1 Å². The van der Waals surface area contributed by atoms with Crippen molar-refractivity contribution in [2.45, 2.75) is 52.1 Å². The van der Waals surface area contributed by atoms with Gasteiger partial charge in [0.2, 0.25) is 0 Å². The normalized spacial score (nSPS) is 17.6. The largest absolute Gasteiger partial charge is 0.373 e. The van der Waals surface area contributed by atoms with E-state index in [1.54, 1.807) is 23.0 Å². The van der Waals surface area contributed by atoms with Crippen LogP contribution in [0.15, 0.2) is 53.6 Å². The molecule has 0 spiro atoms. The lowest BCUT2D eigenvalue weighted by Gasteiger charge is -2.29. The van der Waals surface area contributed by atoms with Gasteiger partial charge in [-0.15, -0.1) is 0 Å². The van der Waals surface area contributed by atoms with Crippen molar-refractivity contribution in [1.29, 1.82) is 0 Å². The van der Waals surface area contributed by atoms with E-state index < -0.39 is 0 Å². The fraction of sp³-hybridized carbons (Fsp3) is 0.357. The number of carbonyl (C=O) groups is 1. The molecule has 0 bridgehead atoms. The molecule has 1 fully saturated rings. The van der Waals surface area contributed by atoms with Gasteiger partial charge in [-0.2, -0.15) is 0 Å². The molecule has 0 saturated heterocycles. The number of rotatable bonds is 6. The molecule has 9 heteroatoms. The van der Waals surface area contributed by atoms with Gasteiger partial charge in [0.15, 0.2) is 0 Å². The zero-order valence-corrected chi connectivity index (χ0v) is 22.0. The summed E-state index contributed by atoms with van der Waals surface area (Å²) in [5.74, 6) is 1.01. The first-order valence-corrected chi connectivity index (χ1v) is 13.0. The molecule has 0 atom stereocenters. The number of imidazole rings is 1. The first kappa shape index (κ1) is 25.0. The predicted molar refractivity (Wildman–Crippen MR) is 147 cm³/mol. The van der Waals surface area contributed by atoms with Gasteiger partial charge in [-0.1, -0.05) is 23.7 Å². The second kappa shape index (κ2) is 10.4. The summed E-state index contributed by atoms with van der Waals surface area (Å²) in [6.45, 7) is 4.43. The van der Waals surface area contributed by atoms with E-state index in [1.165, 1.54) is 0 Å². The number of halogens is 1. The maximum Gasteiger partial charge on any atom is 0.333 e. The van der Waals surface area contributed by atoms with Gasteiger partial charge in [-0.05, 0) is 75.3 Å². The number of nitrogens with one attached hydrogen (secondary N) is 2. The Morgan fingerprint density at radius 2 is 1.78 bits per heavy atom. The van der Waals surface area contributed by atoms with Crippen LogP contribution in [0, 0.1) is 19.8 Å². The number of fused-ring (bicyclic) bond motifs is 1. The average molecular weight is 519 g/mol. The Bertz CT molecular complexity index is 1520. The van der Waals surface area contributed by atoms with E-state index in [2.05, 4.69) is 20.6 Å². The molecule has 37 heavy (non-hydrogen) atoms. The SMILES string of the molecule is CNc1ncc(-n2c(=O)n(CC3CCC(NC(=O)c4cc(Cl)cnc4C)CC3)c3ccccc32)cc1C. The smallest absolute Gasteiger partial charge is 0.333 e. The molecule has 192 valence electrons. The highest BCUT2D eigenvalue weighted by atomic mass is 35.5. The molecule has 0 aliphatic heterocycles. The lowest BCUT2D eigenvalue weighted by molar-refractivity contribution is 0.0919. The van der Waals surface area contributed by atoms with Gasteiger partial charge < -0.3 is 10.6 Å². The highest BCUT2D eigenvalue weighted by Gasteiger charge is 2.26. The van der Waals surface area contributed by atoms with Crippen LogP contribution in [0.5, 0.6) is 0 Å². The quantitative estimate of drug-likeness (QED) is 0.379. The highest BCUT2D eigenvalue weighted by Crippen LogP contribution is 2.28. The summed E-state index contributed by atoms with van der Waals surface area (Å²) in [5.41, 5.74) is 4.65. The summed E-state index contributed by atoms with van der Waals surface area (Å²) in [5, 5.41) is 6.67. The van der Waals surface area contributed by atoms with Crippen LogP contribution in [0.3, 0.4) is 0 Å². The second-order valence-corrected chi connectivity index (χ2v) is 10.2. The molecule has 5 rings (SSSR count). The number of amides is 1. The fourth-order valence-corrected chi connectivity index (χ4v) is 5.48. The monoisotopic (exact) mass is 518 g/mol. The van der Waals surface area contributed by atoms with Crippen LogP contribution >= 0.6 is 11.6 Å². The molecule has 2 N–H and O–H groups in total. The average Bonchev–Trinajstić information content (AvgIpc) is 3.17. The van der Waals surface area contributed by atoms with Gasteiger partial charge in [0, 0.05) is 25.8 Å². The minimum atomic E-state index is -0.136. The number of para-hydroxylation sites is 2. The molecule has 1 aliphatic rings. The Kier molecular flexibility index (Phi) is 7.02. The molecule has 1 amide bonds. The molecule has 0 radical (unpaired) electrons. The molecule has 0 unspecified atom stereocenters. The van der Waals surface area contributed by atoms with Crippen LogP contribution in [0.1, 0.15) is 47.3 Å². The standard InChI is InChI=1S/C28H31ClN6O2/c1-17-12-22(15-32-26(17)30-3)35-25-7-5-4-6-24(25)34(28(35)37)16-19-8-10-21(11-9-19)33-27(36)23-13-20(29)14-31-18(23)2/h4-7,12-15,19,21H,8-11,16H2,1-3H3,(H,30,32)(H,33,36). The first-order chi connectivity index (χ1) is 17.9. The first-order valence-electron chi connectivity index (χ1n) is 12.6. The molecular formula is C28H31ClN6O2. The van der Waals surface area contributed by atoms with Crippen molar-refractivity contribution in [3.8, 4) is 5.69 Å². The highest BCUT2D eigenvalue weighted by molar-refractivity contribution is 6.30. The Morgan fingerprint density at radius 3 is 2.49 bits per heavy atom. The molecule has 3 aromatic heterocycles. The van der Waals surface area contributed by atoms with Crippen molar-refractivity contribution < 1.29 is 4.79 Å². The number of aromatic nitrogens is 4. The number of anilines is 1. The molecule has 1 saturated carbocycles. The van der Waals surface area contributed by atoms with Crippen LogP contribution in [0.2, 0.25) is 5.02 Å². The van der Waals surface area contributed by atoms with Gasteiger partial charge in [0.25, 0.3) is 5.91 Å². The number of carbonyl (C=O) groups excluding carboxylic acids is 1. The zero-order valence-electron chi connectivity index (χ0n) is 21.3. The lowest BCUT2D eigenvalue weighted by atomic mass is 9.85. The second-order valence-electron chi connectivity index (χ2n) is 9.80. The van der Waals surface area contributed by atoms with Crippen molar-refractivity contribution in [3.05, 3.63) is 81.1 Å². The molecule has 1 aliphatic carbocycles. The Balaban J connectivity index is 1.32. The van der Waals surface area contributed by atoms with Crippen molar-refractivity contribution >= 4 is 34.4 Å². The van der Waals surface area contributed by atoms with E-state index in [9.17, 15) is 9.59 Å².